The molecule has 0 aliphatic rings. The number of aromatic nitrogens is 1. The van der Waals surface area contributed by atoms with E-state index >= 15 is 0 Å². The summed E-state index contributed by atoms with van der Waals surface area (Å²) >= 11 is 7.54. The molecule has 2 aromatic carbocycles. The number of hydrazone groups is 1. The normalized spacial score (nSPS) is 10.8. The van der Waals surface area contributed by atoms with Crippen molar-refractivity contribution in [3.8, 4) is 11.3 Å². The molecule has 3 aromatic rings. The molecule has 0 bridgehead atoms. The summed E-state index contributed by atoms with van der Waals surface area (Å²) in [7, 11) is 0. The number of amides is 1. The number of rotatable bonds is 5. The van der Waals surface area contributed by atoms with Crippen LogP contribution in [0.3, 0.4) is 0 Å². The molecule has 0 atom stereocenters. The molecule has 0 fully saturated rings. The molecule has 0 saturated carbocycles. The van der Waals surface area contributed by atoms with Crippen molar-refractivity contribution in [3.05, 3.63) is 64.5 Å². The largest absolute Gasteiger partial charge is 0.326 e. The van der Waals surface area contributed by atoms with Gasteiger partial charge in [-0.25, -0.2) is 4.98 Å². The standard InChI is InChI=1S/C18H15ClN4OS/c1-12(24)21-15-8-6-13(7-9-15)17-11-25-18(22-17)23-20-10-14-4-2-3-5-16(14)19/h2-11H,1H3,(H,21,24)(H,22,23)/b20-10-. The van der Waals surface area contributed by atoms with E-state index in [2.05, 4.69) is 20.8 Å². The van der Waals surface area contributed by atoms with Gasteiger partial charge in [-0.15, -0.1) is 11.3 Å². The molecule has 3 rings (SSSR count). The average Bonchev–Trinajstić information content (AvgIpc) is 3.06. The van der Waals surface area contributed by atoms with Gasteiger partial charge >= 0.3 is 0 Å². The number of nitrogens with zero attached hydrogens (tertiary/aromatic N) is 2. The number of halogens is 1. The molecular weight excluding hydrogens is 356 g/mol. The molecule has 5 nitrogen and oxygen atoms in total. The van der Waals surface area contributed by atoms with Crippen LogP contribution in [0.4, 0.5) is 10.8 Å². The number of benzene rings is 2. The third-order valence-corrected chi connectivity index (χ3v) is 4.37. The molecule has 126 valence electrons. The fraction of sp³-hybridized carbons (Fsp3) is 0.0556. The maximum absolute atomic E-state index is 11.0. The predicted molar refractivity (Wildman–Crippen MR) is 105 cm³/mol. The molecule has 1 amide bonds. The Bertz CT molecular complexity index is 905. The van der Waals surface area contributed by atoms with Gasteiger partial charge < -0.3 is 5.32 Å². The van der Waals surface area contributed by atoms with E-state index in [1.165, 1.54) is 18.3 Å². The third-order valence-electron chi connectivity index (χ3n) is 3.27. The zero-order valence-corrected chi connectivity index (χ0v) is 14.9. The fourth-order valence-electron chi connectivity index (χ4n) is 2.12. The molecule has 7 heteroatoms. The third kappa shape index (κ3) is 4.65. The van der Waals surface area contributed by atoms with E-state index in [0.717, 1.165) is 22.5 Å². The highest BCUT2D eigenvalue weighted by molar-refractivity contribution is 7.14. The van der Waals surface area contributed by atoms with Gasteiger partial charge in [0.15, 0.2) is 0 Å². The first-order valence-electron chi connectivity index (χ1n) is 7.49. The maximum Gasteiger partial charge on any atom is 0.221 e. The lowest BCUT2D eigenvalue weighted by molar-refractivity contribution is -0.114. The second kappa shape index (κ2) is 7.92. The molecule has 1 aromatic heterocycles. The van der Waals surface area contributed by atoms with Crippen LogP contribution in [0.1, 0.15) is 12.5 Å². The summed E-state index contributed by atoms with van der Waals surface area (Å²) in [6.45, 7) is 1.48. The first-order chi connectivity index (χ1) is 12.1. The van der Waals surface area contributed by atoms with Crippen molar-refractivity contribution in [1.82, 2.24) is 4.98 Å². The van der Waals surface area contributed by atoms with Crippen LogP contribution in [-0.4, -0.2) is 17.1 Å². The summed E-state index contributed by atoms with van der Waals surface area (Å²) in [5.41, 5.74) is 6.31. The Labute approximate surface area is 154 Å². The number of hydrogen-bond donors (Lipinski definition) is 2. The van der Waals surface area contributed by atoms with Gasteiger partial charge in [0.05, 0.1) is 11.9 Å². The molecule has 0 saturated heterocycles. The lowest BCUT2D eigenvalue weighted by Crippen LogP contribution is -2.05. The Hall–Kier alpha value is -2.70. The Balaban J connectivity index is 1.66. The maximum atomic E-state index is 11.0. The first-order valence-corrected chi connectivity index (χ1v) is 8.75. The van der Waals surface area contributed by atoms with Crippen molar-refractivity contribution in [1.29, 1.82) is 0 Å². The summed E-state index contributed by atoms with van der Waals surface area (Å²) in [4.78, 5) is 15.5. The molecule has 1 heterocycles. The van der Waals surface area contributed by atoms with Crippen molar-refractivity contribution in [3.63, 3.8) is 0 Å². The highest BCUT2D eigenvalue weighted by atomic mass is 35.5. The van der Waals surface area contributed by atoms with Crippen LogP contribution in [-0.2, 0) is 4.79 Å². The van der Waals surface area contributed by atoms with Crippen LogP contribution < -0.4 is 10.7 Å². The van der Waals surface area contributed by atoms with Crippen molar-refractivity contribution in [2.24, 2.45) is 5.10 Å². The van der Waals surface area contributed by atoms with Gasteiger partial charge in [0.1, 0.15) is 0 Å². The van der Waals surface area contributed by atoms with E-state index in [0.29, 0.717) is 10.2 Å². The first kappa shape index (κ1) is 17.1. The van der Waals surface area contributed by atoms with E-state index in [1.807, 2.05) is 53.9 Å². The predicted octanol–water partition coefficient (Wildman–Crippen LogP) is 4.87. The Morgan fingerprint density at radius 3 is 2.68 bits per heavy atom. The van der Waals surface area contributed by atoms with Crippen molar-refractivity contribution >= 4 is 45.9 Å². The number of carbonyl (C=O) groups is 1. The van der Waals surface area contributed by atoms with Crippen molar-refractivity contribution in [2.45, 2.75) is 6.92 Å². The van der Waals surface area contributed by atoms with Crippen LogP contribution in [0.5, 0.6) is 0 Å². The molecule has 0 unspecified atom stereocenters. The van der Waals surface area contributed by atoms with E-state index in [4.69, 9.17) is 11.6 Å². The smallest absolute Gasteiger partial charge is 0.221 e. The zero-order valence-electron chi connectivity index (χ0n) is 13.4. The summed E-state index contributed by atoms with van der Waals surface area (Å²) < 4.78 is 0. The van der Waals surface area contributed by atoms with Gasteiger partial charge in [-0.3, -0.25) is 10.2 Å². The lowest BCUT2D eigenvalue weighted by Gasteiger charge is -2.02. The molecule has 25 heavy (non-hydrogen) atoms. The number of carbonyl (C=O) groups excluding carboxylic acids is 1. The van der Waals surface area contributed by atoms with E-state index in [1.54, 1.807) is 6.21 Å². The van der Waals surface area contributed by atoms with Gasteiger partial charge in [-0.1, -0.05) is 41.9 Å². The lowest BCUT2D eigenvalue weighted by atomic mass is 10.1. The highest BCUT2D eigenvalue weighted by Crippen LogP contribution is 2.26. The Kier molecular flexibility index (Phi) is 5.42. The Morgan fingerprint density at radius 2 is 1.96 bits per heavy atom. The summed E-state index contributed by atoms with van der Waals surface area (Å²) in [5, 5.41) is 10.2. The zero-order chi connectivity index (χ0) is 17.6. The second-order valence-electron chi connectivity index (χ2n) is 5.19. The highest BCUT2D eigenvalue weighted by Gasteiger charge is 2.04. The Morgan fingerprint density at radius 1 is 1.20 bits per heavy atom. The summed E-state index contributed by atoms with van der Waals surface area (Å²) in [6, 6.07) is 15.0. The molecular formula is C18H15ClN4OS. The molecule has 0 spiro atoms. The van der Waals surface area contributed by atoms with Crippen LogP contribution in [0.2, 0.25) is 5.02 Å². The van der Waals surface area contributed by atoms with Gasteiger partial charge in [-0.2, -0.15) is 5.10 Å². The molecule has 0 aliphatic heterocycles. The summed E-state index contributed by atoms with van der Waals surface area (Å²) in [6.07, 6.45) is 1.66. The molecule has 0 aliphatic carbocycles. The number of anilines is 2. The SMILES string of the molecule is CC(=O)Nc1ccc(-c2csc(N/N=C\c3ccccc3Cl)n2)cc1. The van der Waals surface area contributed by atoms with Gasteiger partial charge in [-0.05, 0) is 18.2 Å². The molecule has 2 N–H and O–H groups in total. The number of nitrogens with one attached hydrogen (secondary N) is 2. The quantitative estimate of drug-likeness (QED) is 0.497. The number of thiazole rings is 1. The fourth-order valence-corrected chi connectivity index (χ4v) is 2.98. The minimum Gasteiger partial charge on any atom is -0.326 e. The minimum atomic E-state index is -0.0933. The molecule has 0 radical (unpaired) electrons. The topological polar surface area (TPSA) is 66.4 Å². The van der Waals surface area contributed by atoms with E-state index < -0.39 is 0 Å². The van der Waals surface area contributed by atoms with Crippen molar-refractivity contribution in [2.75, 3.05) is 10.7 Å². The average molecular weight is 371 g/mol. The minimum absolute atomic E-state index is 0.0933. The second-order valence-corrected chi connectivity index (χ2v) is 6.45. The van der Waals surface area contributed by atoms with Gasteiger partial charge in [0.25, 0.3) is 0 Å². The van der Waals surface area contributed by atoms with Gasteiger partial charge in [0, 0.05) is 34.1 Å². The number of hydrogen-bond acceptors (Lipinski definition) is 5. The summed E-state index contributed by atoms with van der Waals surface area (Å²) in [5.74, 6) is -0.0933. The van der Waals surface area contributed by atoms with E-state index in [-0.39, 0.29) is 5.91 Å². The van der Waals surface area contributed by atoms with Crippen LogP contribution in [0.25, 0.3) is 11.3 Å². The monoisotopic (exact) mass is 370 g/mol. The van der Waals surface area contributed by atoms with Gasteiger partial charge in [0.2, 0.25) is 11.0 Å². The van der Waals surface area contributed by atoms with Crippen LogP contribution in [0.15, 0.2) is 59.0 Å². The van der Waals surface area contributed by atoms with Crippen LogP contribution in [0, 0.1) is 0 Å². The van der Waals surface area contributed by atoms with E-state index in [9.17, 15) is 4.79 Å². The van der Waals surface area contributed by atoms with Crippen molar-refractivity contribution < 1.29 is 4.79 Å². The van der Waals surface area contributed by atoms with Crippen LogP contribution >= 0.6 is 22.9 Å².